The van der Waals surface area contributed by atoms with Crippen LogP contribution in [0, 0.1) is 0 Å². The fourth-order valence-corrected chi connectivity index (χ4v) is 9.58. The Morgan fingerprint density at radius 1 is 0.860 bits per heavy atom. The van der Waals surface area contributed by atoms with Crippen LogP contribution in [0.1, 0.15) is 50.2 Å². The lowest BCUT2D eigenvalue weighted by Crippen LogP contribution is -2.44. The third-order valence-electron chi connectivity index (χ3n) is 8.87. The summed E-state index contributed by atoms with van der Waals surface area (Å²) in [5.74, 6) is -0.513. The quantitative estimate of drug-likeness (QED) is 0.0963. The molecule has 2 aliphatic rings. The second-order valence-corrected chi connectivity index (χ2v) is 15.0. The number of rotatable bonds is 16. The zero-order chi connectivity index (χ0) is 34.9. The summed E-state index contributed by atoms with van der Waals surface area (Å²) < 4.78 is 44.0. The maximum atomic E-state index is 15.4. The molecular formula is C35H44N7O7P. The lowest BCUT2D eigenvalue weighted by atomic mass is 10.2. The average Bonchev–Trinajstić information content (AvgIpc) is 3.92. The number of benzene rings is 2. The van der Waals surface area contributed by atoms with Crippen LogP contribution < -0.4 is 10.5 Å². The van der Waals surface area contributed by atoms with E-state index in [4.69, 9.17) is 24.7 Å². The van der Waals surface area contributed by atoms with Gasteiger partial charge in [-0.25, -0.2) is 14.3 Å². The molecule has 15 heteroatoms. The molecule has 0 bridgehead atoms. The number of carbonyl (C=O) groups excluding carboxylic acids is 2. The number of imidazole rings is 1. The van der Waals surface area contributed by atoms with Gasteiger partial charge in [0.05, 0.1) is 19.5 Å². The van der Waals surface area contributed by atoms with E-state index in [0.29, 0.717) is 69.0 Å². The Balaban J connectivity index is 1.19. The number of nitrogens with two attached hydrogens (primary N) is 1. The van der Waals surface area contributed by atoms with Gasteiger partial charge in [-0.1, -0.05) is 67.6 Å². The maximum absolute atomic E-state index is 15.4. The van der Waals surface area contributed by atoms with E-state index in [-0.39, 0.29) is 32.1 Å². The fourth-order valence-electron chi connectivity index (χ4n) is 6.42. The van der Waals surface area contributed by atoms with Crippen molar-refractivity contribution >= 4 is 36.5 Å². The van der Waals surface area contributed by atoms with Crippen LogP contribution in [0.3, 0.4) is 0 Å². The number of aromatic nitrogens is 4. The topological polar surface area (TPSA) is 164 Å². The van der Waals surface area contributed by atoms with Gasteiger partial charge in [-0.05, 0) is 43.2 Å². The molecule has 0 spiro atoms. The third-order valence-corrected chi connectivity index (χ3v) is 12.0. The SMILES string of the molecule is CCCOc1nc(N)nc2c1ncn2CCOCP(=O)(N1CCC[C@@H]1C(=O)OCc1ccccc1)N1CCC[C@@H]1C(=O)OCc1ccccc1. The Morgan fingerprint density at radius 2 is 1.44 bits per heavy atom. The summed E-state index contributed by atoms with van der Waals surface area (Å²) in [5.41, 5.74) is 8.67. The van der Waals surface area contributed by atoms with Gasteiger partial charge in [-0.3, -0.25) is 14.2 Å². The molecule has 0 aliphatic carbocycles. The van der Waals surface area contributed by atoms with Gasteiger partial charge >= 0.3 is 11.9 Å². The van der Waals surface area contributed by atoms with E-state index >= 15 is 4.57 Å². The predicted molar refractivity (Wildman–Crippen MR) is 186 cm³/mol. The molecule has 2 aliphatic heterocycles. The number of fused-ring (bicyclic) bond motifs is 1. The molecule has 0 amide bonds. The number of hydrogen-bond donors (Lipinski definition) is 1. The van der Waals surface area contributed by atoms with E-state index in [2.05, 4.69) is 15.0 Å². The number of anilines is 1. The first kappa shape index (κ1) is 35.5. The van der Waals surface area contributed by atoms with Crippen LogP contribution >= 0.6 is 7.44 Å². The van der Waals surface area contributed by atoms with Crippen LogP contribution in [0.25, 0.3) is 11.2 Å². The van der Waals surface area contributed by atoms with Gasteiger partial charge in [0.2, 0.25) is 19.3 Å². The van der Waals surface area contributed by atoms with Crippen LogP contribution in [0.4, 0.5) is 5.95 Å². The monoisotopic (exact) mass is 705 g/mol. The summed E-state index contributed by atoms with van der Waals surface area (Å²) in [7, 11) is -3.66. The van der Waals surface area contributed by atoms with Crippen molar-refractivity contribution in [3.63, 3.8) is 0 Å². The number of nitrogens with zero attached hydrogens (tertiary/aromatic N) is 6. The highest BCUT2D eigenvalue weighted by molar-refractivity contribution is 7.59. The van der Waals surface area contributed by atoms with Gasteiger partial charge in [0.1, 0.15) is 31.6 Å². The maximum Gasteiger partial charge on any atom is 0.324 e. The fraction of sp³-hybridized carbons (Fsp3) is 0.457. The van der Waals surface area contributed by atoms with E-state index in [1.54, 1.807) is 20.2 Å². The van der Waals surface area contributed by atoms with Crippen molar-refractivity contribution in [1.82, 2.24) is 28.9 Å². The van der Waals surface area contributed by atoms with E-state index < -0.39 is 31.5 Å². The molecule has 0 saturated carbocycles. The van der Waals surface area contributed by atoms with Gasteiger partial charge in [-0.15, -0.1) is 0 Å². The van der Waals surface area contributed by atoms with Crippen molar-refractivity contribution in [3.05, 3.63) is 78.1 Å². The van der Waals surface area contributed by atoms with Gasteiger partial charge in [0.15, 0.2) is 11.2 Å². The zero-order valence-electron chi connectivity index (χ0n) is 28.3. The minimum Gasteiger partial charge on any atom is -0.476 e. The van der Waals surface area contributed by atoms with Crippen LogP contribution in [-0.2, 0) is 48.1 Å². The molecule has 14 nitrogen and oxygen atoms in total. The van der Waals surface area contributed by atoms with Crippen molar-refractivity contribution in [3.8, 4) is 5.88 Å². The Labute approximate surface area is 291 Å². The largest absolute Gasteiger partial charge is 0.476 e. The minimum absolute atomic E-state index is 0.0641. The van der Waals surface area contributed by atoms with Gasteiger partial charge < -0.3 is 29.2 Å². The summed E-state index contributed by atoms with van der Waals surface area (Å²) in [6, 6.07) is 17.4. The number of ether oxygens (including phenoxy) is 4. The second kappa shape index (κ2) is 16.6. The van der Waals surface area contributed by atoms with Crippen LogP contribution in [0.5, 0.6) is 5.88 Å². The smallest absolute Gasteiger partial charge is 0.324 e. The minimum atomic E-state index is -3.66. The van der Waals surface area contributed by atoms with Crippen molar-refractivity contribution in [2.75, 3.05) is 38.4 Å². The van der Waals surface area contributed by atoms with Crippen molar-refractivity contribution in [2.45, 2.75) is 70.9 Å². The summed E-state index contributed by atoms with van der Waals surface area (Å²) in [6.45, 7) is 3.96. The summed E-state index contributed by atoms with van der Waals surface area (Å²) >= 11 is 0. The van der Waals surface area contributed by atoms with Gasteiger partial charge in [0, 0.05) is 19.6 Å². The van der Waals surface area contributed by atoms with E-state index in [1.807, 2.05) is 67.6 Å². The molecule has 266 valence electrons. The van der Waals surface area contributed by atoms with Crippen molar-refractivity contribution in [2.24, 2.45) is 0 Å². The lowest BCUT2D eigenvalue weighted by molar-refractivity contribution is -0.149. The Hall–Kier alpha value is -4.36. The summed E-state index contributed by atoms with van der Waals surface area (Å²) in [5, 5.41) is 0. The molecule has 2 aromatic carbocycles. The first-order chi connectivity index (χ1) is 24.4. The Kier molecular flexibility index (Phi) is 11.7. The highest BCUT2D eigenvalue weighted by Gasteiger charge is 2.51. The lowest BCUT2D eigenvalue weighted by Gasteiger charge is -2.39. The molecule has 0 radical (unpaired) electrons. The van der Waals surface area contributed by atoms with Crippen LogP contribution in [0.15, 0.2) is 67.0 Å². The molecular weight excluding hydrogens is 661 g/mol. The average molecular weight is 706 g/mol. The molecule has 4 aromatic rings. The number of hydrogen-bond acceptors (Lipinski definition) is 11. The normalized spacial score (nSPS) is 18.4. The number of nitrogen functional groups attached to an aromatic ring is 1. The van der Waals surface area contributed by atoms with Crippen LogP contribution in [0.2, 0.25) is 0 Å². The van der Waals surface area contributed by atoms with Gasteiger partial charge in [-0.2, -0.15) is 9.97 Å². The van der Waals surface area contributed by atoms with Crippen molar-refractivity contribution in [1.29, 1.82) is 0 Å². The number of carbonyl (C=O) groups is 2. The standard InChI is InChI=1S/C35H44N7O7P/c1-2-20-47-32-30-31(38-35(36)39-32)40(24-37-30)19-21-46-25-50(45,41-17-9-15-28(41)33(43)48-22-26-11-5-3-6-12-26)42-18-10-16-29(42)34(44)49-23-27-13-7-4-8-14-27/h3-8,11-14,24,28-29H,2,9-10,15-23,25H2,1H3,(H2,36,38,39)/t28-,29-/m1/s1. The second-order valence-electron chi connectivity index (χ2n) is 12.4. The van der Waals surface area contributed by atoms with Gasteiger partial charge in [0.25, 0.3) is 0 Å². The first-order valence-electron chi connectivity index (χ1n) is 17.1. The van der Waals surface area contributed by atoms with E-state index in [0.717, 1.165) is 17.5 Å². The molecule has 2 fully saturated rings. The molecule has 6 rings (SSSR count). The van der Waals surface area contributed by atoms with Crippen LogP contribution in [-0.4, -0.2) is 85.5 Å². The highest BCUT2D eigenvalue weighted by atomic mass is 31.2. The summed E-state index contributed by atoms with van der Waals surface area (Å²) in [6.07, 6.45) is 4.47. The van der Waals surface area contributed by atoms with E-state index in [9.17, 15) is 9.59 Å². The molecule has 2 aromatic heterocycles. The molecule has 4 heterocycles. The molecule has 0 unspecified atom stereocenters. The molecule has 50 heavy (non-hydrogen) atoms. The first-order valence-corrected chi connectivity index (χ1v) is 18.9. The highest BCUT2D eigenvalue weighted by Crippen LogP contribution is 2.59. The molecule has 2 atom stereocenters. The molecule has 2 saturated heterocycles. The third kappa shape index (κ3) is 8.15. The zero-order valence-corrected chi connectivity index (χ0v) is 29.2. The molecule has 2 N–H and O–H groups in total. The summed E-state index contributed by atoms with van der Waals surface area (Å²) in [4.78, 5) is 40.0. The predicted octanol–water partition coefficient (Wildman–Crippen LogP) is 4.78. The Morgan fingerprint density at radius 3 is 2.00 bits per heavy atom. The Bertz CT molecular complexity index is 1710. The van der Waals surface area contributed by atoms with Crippen molar-refractivity contribution < 1.29 is 33.1 Å². The van der Waals surface area contributed by atoms with E-state index in [1.165, 1.54) is 0 Å². The number of esters is 2.